The smallest absolute Gasteiger partial charge is 0.303 e. The number of aryl methyl sites for hydroxylation is 1. The van der Waals surface area contributed by atoms with E-state index in [2.05, 4.69) is 10.3 Å². The van der Waals surface area contributed by atoms with Crippen molar-refractivity contribution in [3.05, 3.63) is 113 Å². The maximum atomic E-state index is 12.7. The number of amides is 1. The fourth-order valence-electron chi connectivity index (χ4n) is 3.94. The molecule has 0 saturated heterocycles. The Bertz CT molecular complexity index is 1510. The van der Waals surface area contributed by atoms with Crippen LogP contribution in [-0.4, -0.2) is 22.2 Å². The molecule has 0 spiro atoms. The number of aliphatic carboxylic acids is 1. The molecule has 5 rings (SSSR count). The molecule has 6 nitrogen and oxygen atoms in total. The van der Waals surface area contributed by atoms with Crippen molar-refractivity contribution in [2.24, 2.45) is 4.99 Å². The van der Waals surface area contributed by atoms with Gasteiger partial charge in [-0.2, -0.15) is 4.99 Å². The van der Waals surface area contributed by atoms with E-state index in [-0.39, 0.29) is 12.3 Å². The fourth-order valence-corrected chi connectivity index (χ4v) is 4.77. The van der Waals surface area contributed by atoms with E-state index in [9.17, 15) is 9.59 Å². The summed E-state index contributed by atoms with van der Waals surface area (Å²) in [4.78, 5) is 28.2. The van der Waals surface area contributed by atoms with Crippen LogP contribution in [0.4, 0.5) is 5.69 Å². The normalized spacial score (nSPS) is 14.1. The summed E-state index contributed by atoms with van der Waals surface area (Å²) in [7, 11) is 0. The fraction of sp³-hybridized carbons (Fsp3) is 0.100. The molecule has 0 atom stereocenters. The number of aliphatic imine (C=N–C) groups is 1. The Kier molecular flexibility index (Phi) is 7.33. The number of benzene rings is 4. The van der Waals surface area contributed by atoms with Gasteiger partial charge >= 0.3 is 5.97 Å². The molecular formula is C30H24N2O4S. The number of anilines is 1. The molecule has 0 radical (unpaired) electrons. The largest absolute Gasteiger partial charge is 0.488 e. The molecule has 0 aromatic heterocycles. The van der Waals surface area contributed by atoms with Crippen molar-refractivity contribution in [3.8, 4) is 5.75 Å². The second kappa shape index (κ2) is 11.1. The average molecular weight is 509 g/mol. The third-order valence-corrected chi connectivity index (χ3v) is 6.75. The number of hydrogen-bond acceptors (Lipinski definition) is 5. The number of carbonyl (C=O) groups excluding carboxylic acids is 1. The minimum Gasteiger partial charge on any atom is -0.488 e. The minimum atomic E-state index is -0.822. The molecule has 0 saturated carbocycles. The first-order valence-corrected chi connectivity index (χ1v) is 12.6. The molecular weight excluding hydrogens is 484 g/mol. The molecule has 184 valence electrons. The molecule has 4 aromatic carbocycles. The zero-order chi connectivity index (χ0) is 25.6. The van der Waals surface area contributed by atoms with E-state index < -0.39 is 5.97 Å². The third kappa shape index (κ3) is 6.26. The van der Waals surface area contributed by atoms with Gasteiger partial charge in [0.1, 0.15) is 12.4 Å². The highest BCUT2D eigenvalue weighted by atomic mass is 32.2. The highest BCUT2D eigenvalue weighted by Crippen LogP contribution is 2.34. The van der Waals surface area contributed by atoms with Crippen LogP contribution in [0.2, 0.25) is 0 Å². The number of carbonyl (C=O) groups is 2. The van der Waals surface area contributed by atoms with Gasteiger partial charge in [0.15, 0.2) is 5.17 Å². The van der Waals surface area contributed by atoms with Crippen LogP contribution in [0.5, 0.6) is 5.75 Å². The lowest BCUT2D eigenvalue weighted by molar-refractivity contribution is -0.137. The molecule has 0 fully saturated rings. The monoisotopic (exact) mass is 508 g/mol. The Balaban J connectivity index is 1.33. The Hall–Kier alpha value is -4.36. The number of rotatable bonds is 8. The molecule has 37 heavy (non-hydrogen) atoms. The summed E-state index contributed by atoms with van der Waals surface area (Å²) >= 11 is 1.27. The molecule has 4 aromatic rings. The molecule has 1 aliphatic heterocycles. The van der Waals surface area contributed by atoms with Crippen LogP contribution in [0.15, 0.2) is 101 Å². The second-order valence-electron chi connectivity index (χ2n) is 8.56. The second-order valence-corrected chi connectivity index (χ2v) is 9.59. The van der Waals surface area contributed by atoms with Crippen LogP contribution in [0.3, 0.4) is 0 Å². The van der Waals surface area contributed by atoms with E-state index >= 15 is 0 Å². The van der Waals surface area contributed by atoms with Crippen LogP contribution in [0.1, 0.15) is 23.1 Å². The molecule has 1 heterocycles. The number of thioether (sulfide) groups is 1. The van der Waals surface area contributed by atoms with E-state index in [0.717, 1.165) is 33.2 Å². The maximum Gasteiger partial charge on any atom is 0.303 e. The average Bonchev–Trinajstić information content (AvgIpc) is 3.25. The molecule has 0 bridgehead atoms. The molecule has 7 heteroatoms. The van der Waals surface area contributed by atoms with Crippen molar-refractivity contribution in [1.29, 1.82) is 0 Å². The molecule has 2 N–H and O–H groups in total. The predicted molar refractivity (Wildman–Crippen MR) is 149 cm³/mol. The molecule has 0 unspecified atom stereocenters. The number of carboxylic acid groups (broad SMARTS) is 1. The zero-order valence-corrected chi connectivity index (χ0v) is 20.7. The van der Waals surface area contributed by atoms with Gasteiger partial charge in [0.2, 0.25) is 0 Å². The number of hydrogen-bond donors (Lipinski definition) is 2. The molecule has 0 aliphatic carbocycles. The Morgan fingerprint density at radius 1 is 0.919 bits per heavy atom. The van der Waals surface area contributed by atoms with Crippen LogP contribution in [0.25, 0.3) is 16.8 Å². The van der Waals surface area contributed by atoms with Crippen molar-refractivity contribution in [2.75, 3.05) is 5.32 Å². The summed E-state index contributed by atoms with van der Waals surface area (Å²) in [6.45, 7) is 0.419. The number of amidine groups is 1. The first-order valence-electron chi connectivity index (χ1n) is 11.8. The first kappa shape index (κ1) is 24.3. The van der Waals surface area contributed by atoms with Crippen LogP contribution < -0.4 is 10.1 Å². The van der Waals surface area contributed by atoms with E-state index in [4.69, 9.17) is 9.84 Å². The highest BCUT2D eigenvalue weighted by Gasteiger charge is 2.23. The van der Waals surface area contributed by atoms with Crippen molar-refractivity contribution in [2.45, 2.75) is 19.4 Å². The first-order chi connectivity index (χ1) is 18.0. The van der Waals surface area contributed by atoms with Crippen molar-refractivity contribution in [1.82, 2.24) is 0 Å². The Morgan fingerprint density at radius 2 is 1.62 bits per heavy atom. The predicted octanol–water partition coefficient (Wildman–Crippen LogP) is 6.52. The number of carboxylic acids is 1. The summed E-state index contributed by atoms with van der Waals surface area (Å²) in [5.41, 5.74) is 3.58. The van der Waals surface area contributed by atoms with Crippen LogP contribution in [-0.2, 0) is 22.6 Å². The van der Waals surface area contributed by atoms with E-state index in [0.29, 0.717) is 28.9 Å². The van der Waals surface area contributed by atoms with Gasteiger partial charge < -0.3 is 15.2 Å². The van der Waals surface area contributed by atoms with E-state index in [1.807, 2.05) is 97.1 Å². The van der Waals surface area contributed by atoms with Crippen molar-refractivity contribution in [3.63, 3.8) is 0 Å². The highest BCUT2D eigenvalue weighted by molar-refractivity contribution is 8.18. The SMILES string of the molecule is O=C(O)CCc1ccc(NC2=NC(=O)/C(=C\c3cc4ccccc4cc3OCc3ccccc3)S2)cc1. The van der Waals surface area contributed by atoms with Crippen LogP contribution >= 0.6 is 11.8 Å². The van der Waals surface area contributed by atoms with Gasteiger partial charge in [-0.05, 0) is 70.4 Å². The summed E-state index contributed by atoms with van der Waals surface area (Å²) in [5.74, 6) is -0.439. The molecule has 1 aliphatic rings. The number of fused-ring (bicyclic) bond motifs is 1. The van der Waals surface area contributed by atoms with Gasteiger partial charge in [0.25, 0.3) is 5.91 Å². The maximum absolute atomic E-state index is 12.7. The van der Waals surface area contributed by atoms with Gasteiger partial charge in [0.05, 0.1) is 4.91 Å². The number of ether oxygens (including phenoxy) is 1. The van der Waals surface area contributed by atoms with Gasteiger partial charge in [-0.25, -0.2) is 0 Å². The van der Waals surface area contributed by atoms with Crippen molar-refractivity contribution >= 4 is 51.3 Å². The third-order valence-electron chi connectivity index (χ3n) is 5.86. The lowest BCUT2D eigenvalue weighted by Gasteiger charge is -2.12. The number of nitrogens with one attached hydrogen (secondary N) is 1. The minimum absolute atomic E-state index is 0.0871. The van der Waals surface area contributed by atoms with Crippen molar-refractivity contribution < 1.29 is 19.4 Å². The Labute approximate surface area is 218 Å². The standard InChI is InChI=1S/C30H24N2O4S/c33-28(34)15-12-20-10-13-25(14-11-20)31-30-32-29(35)27(37-30)18-24-16-22-8-4-5-9-23(22)17-26(24)36-19-21-6-2-1-3-7-21/h1-11,13-14,16-18H,12,15,19H2,(H,33,34)(H,31,32,35)/b27-18+. The summed E-state index contributed by atoms with van der Waals surface area (Å²) in [6, 6.07) is 29.5. The summed E-state index contributed by atoms with van der Waals surface area (Å²) in [5, 5.41) is 14.6. The molecule has 1 amide bonds. The lowest BCUT2D eigenvalue weighted by Crippen LogP contribution is -2.05. The summed E-state index contributed by atoms with van der Waals surface area (Å²) < 4.78 is 6.19. The van der Waals surface area contributed by atoms with E-state index in [1.54, 1.807) is 0 Å². The lowest BCUT2D eigenvalue weighted by atomic mass is 10.1. The van der Waals surface area contributed by atoms with E-state index in [1.165, 1.54) is 11.8 Å². The Morgan fingerprint density at radius 3 is 2.35 bits per heavy atom. The zero-order valence-electron chi connectivity index (χ0n) is 19.9. The van der Waals surface area contributed by atoms with Gasteiger partial charge in [-0.3, -0.25) is 9.59 Å². The topological polar surface area (TPSA) is 88.0 Å². The summed E-state index contributed by atoms with van der Waals surface area (Å²) in [6.07, 6.45) is 2.38. The van der Waals surface area contributed by atoms with Gasteiger partial charge in [-0.15, -0.1) is 0 Å². The quantitative estimate of drug-likeness (QED) is 0.264. The number of nitrogens with zero attached hydrogens (tertiary/aromatic N) is 1. The van der Waals surface area contributed by atoms with Gasteiger partial charge in [-0.1, -0.05) is 66.7 Å². The van der Waals surface area contributed by atoms with Crippen LogP contribution in [0, 0.1) is 0 Å². The van der Waals surface area contributed by atoms with Gasteiger partial charge in [0, 0.05) is 17.7 Å².